The van der Waals surface area contributed by atoms with Gasteiger partial charge in [-0.15, -0.1) is 0 Å². The van der Waals surface area contributed by atoms with Gasteiger partial charge >= 0.3 is 0 Å². The summed E-state index contributed by atoms with van der Waals surface area (Å²) in [7, 11) is 3.21. The quantitative estimate of drug-likeness (QED) is 0.785. The Labute approximate surface area is 161 Å². The zero-order chi connectivity index (χ0) is 19.2. The Hall–Kier alpha value is -2.53. The molecule has 1 heterocycles. The molecule has 0 aliphatic carbocycles. The predicted octanol–water partition coefficient (Wildman–Crippen LogP) is 3.22. The first kappa shape index (κ1) is 19.2. The van der Waals surface area contributed by atoms with E-state index in [9.17, 15) is 4.79 Å². The normalized spacial score (nSPS) is 14.9. The zero-order valence-corrected chi connectivity index (χ0v) is 16.4. The number of nitrogens with zero attached hydrogens (tertiary/aromatic N) is 2. The molecule has 5 nitrogen and oxygen atoms in total. The van der Waals surface area contributed by atoms with Crippen LogP contribution in [-0.2, 0) is 13.0 Å². The van der Waals surface area contributed by atoms with Gasteiger partial charge in [-0.05, 0) is 29.7 Å². The highest BCUT2D eigenvalue weighted by molar-refractivity contribution is 5.96. The largest absolute Gasteiger partial charge is 0.493 e. The van der Waals surface area contributed by atoms with Gasteiger partial charge < -0.3 is 14.4 Å². The lowest BCUT2D eigenvalue weighted by molar-refractivity contribution is 0.0627. The monoisotopic (exact) mass is 368 g/mol. The smallest absolute Gasteiger partial charge is 0.254 e. The summed E-state index contributed by atoms with van der Waals surface area (Å²) < 4.78 is 10.8. The number of amides is 1. The predicted molar refractivity (Wildman–Crippen MR) is 107 cm³/mol. The minimum absolute atomic E-state index is 0.0761. The lowest BCUT2D eigenvalue weighted by Gasteiger charge is -2.35. The van der Waals surface area contributed by atoms with Crippen molar-refractivity contribution in [2.24, 2.45) is 0 Å². The molecule has 1 saturated heterocycles. The topological polar surface area (TPSA) is 42.0 Å². The molecule has 0 spiro atoms. The molecule has 0 saturated carbocycles. The Balaban J connectivity index is 1.68. The van der Waals surface area contributed by atoms with Gasteiger partial charge in [-0.2, -0.15) is 0 Å². The lowest BCUT2D eigenvalue weighted by atomic mass is 10.0. The van der Waals surface area contributed by atoms with Crippen molar-refractivity contribution in [1.29, 1.82) is 0 Å². The maximum absolute atomic E-state index is 13.1. The van der Waals surface area contributed by atoms with Gasteiger partial charge in [-0.3, -0.25) is 9.69 Å². The molecule has 144 valence electrons. The third kappa shape index (κ3) is 4.42. The molecule has 1 aliphatic rings. The molecule has 3 rings (SSSR count). The number of methoxy groups -OCH3 is 2. The molecule has 0 bridgehead atoms. The molecular formula is C22H28N2O3. The Kier molecular flexibility index (Phi) is 6.35. The summed E-state index contributed by atoms with van der Waals surface area (Å²) >= 11 is 0. The van der Waals surface area contributed by atoms with E-state index in [1.54, 1.807) is 14.2 Å². The van der Waals surface area contributed by atoms with Crippen LogP contribution in [0.1, 0.15) is 28.4 Å². The Morgan fingerprint density at radius 3 is 2.19 bits per heavy atom. The molecule has 2 aromatic rings. The first-order valence-electron chi connectivity index (χ1n) is 9.46. The number of piperazine rings is 1. The van der Waals surface area contributed by atoms with Crippen LogP contribution >= 0.6 is 0 Å². The van der Waals surface area contributed by atoms with Crippen molar-refractivity contribution in [1.82, 2.24) is 9.80 Å². The summed E-state index contributed by atoms with van der Waals surface area (Å²) in [6.07, 6.45) is 0.773. The van der Waals surface area contributed by atoms with Crippen LogP contribution in [0.4, 0.5) is 0 Å². The van der Waals surface area contributed by atoms with E-state index in [-0.39, 0.29) is 5.91 Å². The summed E-state index contributed by atoms with van der Waals surface area (Å²) in [4.78, 5) is 17.5. The third-order valence-electron chi connectivity index (χ3n) is 5.13. The highest BCUT2D eigenvalue weighted by atomic mass is 16.5. The average Bonchev–Trinajstić information content (AvgIpc) is 2.73. The highest BCUT2D eigenvalue weighted by Gasteiger charge is 2.25. The van der Waals surface area contributed by atoms with Crippen LogP contribution in [0.5, 0.6) is 11.5 Å². The Morgan fingerprint density at radius 1 is 0.963 bits per heavy atom. The van der Waals surface area contributed by atoms with Gasteiger partial charge in [0.15, 0.2) is 11.5 Å². The number of benzene rings is 2. The van der Waals surface area contributed by atoms with Gasteiger partial charge in [0, 0.05) is 38.3 Å². The number of ether oxygens (including phenoxy) is 2. The van der Waals surface area contributed by atoms with Gasteiger partial charge in [-0.1, -0.05) is 37.3 Å². The molecule has 1 amide bonds. The van der Waals surface area contributed by atoms with E-state index >= 15 is 0 Å². The van der Waals surface area contributed by atoms with Crippen LogP contribution in [0, 0.1) is 0 Å². The summed E-state index contributed by atoms with van der Waals surface area (Å²) in [6.45, 7) is 6.23. The SMILES string of the molecule is CCc1cc(OC)c(OC)cc1C(=O)N1CCN(Cc2ccccc2)CC1. The fourth-order valence-electron chi connectivity index (χ4n) is 3.53. The summed E-state index contributed by atoms with van der Waals surface area (Å²) in [5, 5.41) is 0. The third-order valence-corrected chi connectivity index (χ3v) is 5.13. The van der Waals surface area contributed by atoms with E-state index in [1.807, 2.05) is 23.1 Å². The van der Waals surface area contributed by atoms with Crippen LogP contribution in [-0.4, -0.2) is 56.1 Å². The van der Waals surface area contributed by atoms with Crippen LogP contribution in [0.3, 0.4) is 0 Å². The number of hydrogen-bond acceptors (Lipinski definition) is 4. The molecule has 0 aromatic heterocycles. The van der Waals surface area contributed by atoms with Crippen molar-refractivity contribution in [3.05, 3.63) is 59.2 Å². The molecule has 1 fully saturated rings. The molecular weight excluding hydrogens is 340 g/mol. The molecule has 0 atom stereocenters. The maximum atomic E-state index is 13.1. The Bertz CT molecular complexity index is 769. The number of aryl methyl sites for hydroxylation is 1. The number of carbonyl (C=O) groups excluding carboxylic acids is 1. The van der Waals surface area contributed by atoms with Crippen molar-refractivity contribution < 1.29 is 14.3 Å². The second-order valence-electron chi connectivity index (χ2n) is 6.77. The number of rotatable bonds is 6. The van der Waals surface area contributed by atoms with Crippen LogP contribution in [0.2, 0.25) is 0 Å². The van der Waals surface area contributed by atoms with Gasteiger partial charge in [0.25, 0.3) is 5.91 Å². The fourth-order valence-corrected chi connectivity index (χ4v) is 3.53. The second-order valence-corrected chi connectivity index (χ2v) is 6.77. The van der Waals surface area contributed by atoms with Gasteiger partial charge in [-0.25, -0.2) is 0 Å². The Morgan fingerprint density at radius 2 is 1.59 bits per heavy atom. The van der Waals surface area contributed by atoms with E-state index in [0.717, 1.165) is 44.7 Å². The molecule has 1 aliphatic heterocycles. The molecule has 2 aromatic carbocycles. The molecule has 27 heavy (non-hydrogen) atoms. The first-order valence-corrected chi connectivity index (χ1v) is 9.46. The standard InChI is InChI=1S/C22H28N2O3/c1-4-18-14-20(26-2)21(27-3)15-19(18)22(25)24-12-10-23(11-13-24)16-17-8-6-5-7-9-17/h5-9,14-15H,4,10-13,16H2,1-3H3. The highest BCUT2D eigenvalue weighted by Crippen LogP contribution is 2.31. The van der Waals surface area contributed by atoms with Gasteiger partial charge in [0.1, 0.15) is 0 Å². The zero-order valence-electron chi connectivity index (χ0n) is 16.4. The van der Waals surface area contributed by atoms with Crippen LogP contribution < -0.4 is 9.47 Å². The maximum Gasteiger partial charge on any atom is 0.254 e. The average molecular weight is 368 g/mol. The van der Waals surface area contributed by atoms with Crippen molar-refractivity contribution in [3.63, 3.8) is 0 Å². The summed E-state index contributed by atoms with van der Waals surface area (Å²) in [6, 6.07) is 14.2. The first-order chi connectivity index (χ1) is 13.2. The number of carbonyl (C=O) groups is 1. The van der Waals surface area contributed by atoms with Gasteiger partial charge in [0.05, 0.1) is 14.2 Å². The summed E-state index contributed by atoms with van der Waals surface area (Å²) in [5.41, 5.74) is 3.02. The van der Waals surface area contributed by atoms with Crippen molar-refractivity contribution >= 4 is 5.91 Å². The van der Waals surface area contributed by atoms with E-state index in [2.05, 4.69) is 36.1 Å². The molecule has 5 heteroatoms. The van der Waals surface area contributed by atoms with Crippen molar-refractivity contribution in [3.8, 4) is 11.5 Å². The van der Waals surface area contributed by atoms with Crippen LogP contribution in [0.15, 0.2) is 42.5 Å². The van der Waals surface area contributed by atoms with Crippen LogP contribution in [0.25, 0.3) is 0 Å². The molecule has 0 N–H and O–H groups in total. The van der Waals surface area contributed by atoms with E-state index < -0.39 is 0 Å². The minimum atomic E-state index is 0.0761. The van der Waals surface area contributed by atoms with E-state index in [1.165, 1.54) is 5.56 Å². The molecule has 0 radical (unpaired) electrons. The molecule has 0 unspecified atom stereocenters. The lowest BCUT2D eigenvalue weighted by Crippen LogP contribution is -2.48. The van der Waals surface area contributed by atoms with Gasteiger partial charge in [0.2, 0.25) is 0 Å². The van der Waals surface area contributed by atoms with Crippen molar-refractivity contribution in [2.75, 3.05) is 40.4 Å². The number of hydrogen-bond donors (Lipinski definition) is 0. The fraction of sp³-hybridized carbons (Fsp3) is 0.409. The minimum Gasteiger partial charge on any atom is -0.493 e. The van der Waals surface area contributed by atoms with Crippen molar-refractivity contribution in [2.45, 2.75) is 19.9 Å². The second kappa shape index (κ2) is 8.91. The van der Waals surface area contributed by atoms with E-state index in [0.29, 0.717) is 17.1 Å². The van der Waals surface area contributed by atoms with E-state index in [4.69, 9.17) is 9.47 Å². The summed E-state index contributed by atoms with van der Waals surface area (Å²) in [5.74, 6) is 1.34.